The Morgan fingerprint density at radius 3 is 2.79 bits per heavy atom. The first-order chi connectivity index (χ1) is 8.97. The van der Waals surface area contributed by atoms with E-state index in [1.54, 1.807) is 4.90 Å². The Morgan fingerprint density at radius 2 is 2.16 bits per heavy atom. The van der Waals surface area contributed by atoms with Gasteiger partial charge in [0.05, 0.1) is 6.10 Å². The molecule has 2 atom stereocenters. The van der Waals surface area contributed by atoms with Crippen molar-refractivity contribution < 1.29 is 9.90 Å². The number of hydrogen-bond donors (Lipinski definition) is 2. The SMILES string of the molecule is Cc1ccc(NC(=O)N2CCC(C)C(O)C2)c(C)c1. The molecule has 1 aromatic rings. The first-order valence-electron chi connectivity index (χ1n) is 6.78. The summed E-state index contributed by atoms with van der Waals surface area (Å²) in [5.41, 5.74) is 3.07. The average Bonchev–Trinajstić information content (AvgIpc) is 2.36. The van der Waals surface area contributed by atoms with Crippen molar-refractivity contribution in [3.05, 3.63) is 29.3 Å². The number of rotatable bonds is 1. The third-order valence-corrected chi connectivity index (χ3v) is 3.83. The predicted octanol–water partition coefficient (Wildman–Crippen LogP) is 2.54. The highest BCUT2D eigenvalue weighted by molar-refractivity contribution is 5.90. The number of carbonyl (C=O) groups is 1. The highest BCUT2D eigenvalue weighted by Crippen LogP contribution is 2.20. The molecule has 0 radical (unpaired) electrons. The molecule has 4 heteroatoms. The fourth-order valence-electron chi connectivity index (χ4n) is 2.38. The van der Waals surface area contributed by atoms with E-state index in [2.05, 4.69) is 5.32 Å². The van der Waals surface area contributed by atoms with Crippen LogP contribution in [0.3, 0.4) is 0 Å². The van der Waals surface area contributed by atoms with Crippen LogP contribution in [0.15, 0.2) is 18.2 Å². The summed E-state index contributed by atoms with van der Waals surface area (Å²) in [5, 5.41) is 12.8. The van der Waals surface area contributed by atoms with Crippen molar-refractivity contribution in [2.24, 2.45) is 5.92 Å². The van der Waals surface area contributed by atoms with Gasteiger partial charge in [-0.2, -0.15) is 0 Å². The number of aliphatic hydroxyl groups is 1. The zero-order chi connectivity index (χ0) is 14.0. The van der Waals surface area contributed by atoms with Gasteiger partial charge in [-0.25, -0.2) is 4.79 Å². The molecule has 1 fully saturated rings. The van der Waals surface area contributed by atoms with Gasteiger partial charge >= 0.3 is 6.03 Å². The van der Waals surface area contributed by atoms with E-state index in [0.717, 1.165) is 17.7 Å². The van der Waals surface area contributed by atoms with Gasteiger partial charge in [0.25, 0.3) is 0 Å². The molecule has 1 aliphatic rings. The molecular weight excluding hydrogens is 240 g/mol. The zero-order valence-corrected chi connectivity index (χ0v) is 11.8. The zero-order valence-electron chi connectivity index (χ0n) is 11.8. The highest BCUT2D eigenvalue weighted by Gasteiger charge is 2.27. The standard InChI is InChI=1S/C15H22N2O2/c1-10-4-5-13(12(3)8-10)16-15(19)17-7-6-11(2)14(18)9-17/h4-5,8,11,14,18H,6-7,9H2,1-3H3,(H,16,19). The van der Waals surface area contributed by atoms with Gasteiger partial charge in [-0.15, -0.1) is 0 Å². The van der Waals surface area contributed by atoms with Crippen LogP contribution in [-0.2, 0) is 0 Å². The molecular formula is C15H22N2O2. The number of nitrogens with zero attached hydrogens (tertiary/aromatic N) is 1. The Bertz CT molecular complexity index is 473. The van der Waals surface area contributed by atoms with E-state index in [4.69, 9.17) is 0 Å². The van der Waals surface area contributed by atoms with Crippen molar-refractivity contribution in [2.75, 3.05) is 18.4 Å². The van der Waals surface area contributed by atoms with E-state index in [-0.39, 0.29) is 11.9 Å². The summed E-state index contributed by atoms with van der Waals surface area (Å²) in [6, 6.07) is 5.82. The third kappa shape index (κ3) is 3.26. The monoisotopic (exact) mass is 262 g/mol. The quantitative estimate of drug-likeness (QED) is 0.817. The number of β-amino-alcohol motifs (C(OH)–C–C–N with tert-alkyl or cyclic N) is 1. The Kier molecular flexibility index (Phi) is 4.10. The number of benzene rings is 1. The molecule has 4 nitrogen and oxygen atoms in total. The first kappa shape index (κ1) is 13.9. The number of urea groups is 1. The number of likely N-dealkylation sites (tertiary alicyclic amines) is 1. The first-order valence-corrected chi connectivity index (χ1v) is 6.78. The van der Waals surface area contributed by atoms with Crippen LogP contribution in [0, 0.1) is 19.8 Å². The van der Waals surface area contributed by atoms with E-state index in [9.17, 15) is 9.90 Å². The number of amides is 2. The number of anilines is 1. The van der Waals surface area contributed by atoms with Crippen LogP contribution in [0.25, 0.3) is 0 Å². The molecule has 2 unspecified atom stereocenters. The van der Waals surface area contributed by atoms with Crippen molar-refractivity contribution in [3.63, 3.8) is 0 Å². The van der Waals surface area contributed by atoms with Crippen molar-refractivity contribution in [2.45, 2.75) is 33.3 Å². The smallest absolute Gasteiger partial charge is 0.321 e. The molecule has 0 spiro atoms. The molecule has 104 valence electrons. The maximum absolute atomic E-state index is 12.2. The number of hydrogen-bond acceptors (Lipinski definition) is 2. The molecule has 2 amide bonds. The molecule has 1 aliphatic heterocycles. The van der Waals surface area contributed by atoms with Crippen molar-refractivity contribution in [1.29, 1.82) is 0 Å². The summed E-state index contributed by atoms with van der Waals surface area (Å²) in [6.45, 7) is 7.15. The second-order valence-electron chi connectivity index (χ2n) is 5.53. The lowest BCUT2D eigenvalue weighted by Crippen LogP contribution is -2.47. The summed E-state index contributed by atoms with van der Waals surface area (Å²) in [7, 11) is 0. The van der Waals surface area contributed by atoms with Crippen LogP contribution in [0.2, 0.25) is 0 Å². The normalized spacial score (nSPS) is 23.3. The van der Waals surface area contributed by atoms with Crippen LogP contribution >= 0.6 is 0 Å². The average molecular weight is 262 g/mol. The fourth-order valence-corrected chi connectivity index (χ4v) is 2.38. The highest BCUT2D eigenvalue weighted by atomic mass is 16.3. The summed E-state index contributed by atoms with van der Waals surface area (Å²) in [6.07, 6.45) is 0.431. The molecule has 2 N–H and O–H groups in total. The molecule has 0 bridgehead atoms. The van der Waals surface area contributed by atoms with E-state index >= 15 is 0 Å². The topological polar surface area (TPSA) is 52.6 Å². The number of carbonyl (C=O) groups excluding carboxylic acids is 1. The van der Waals surface area contributed by atoms with E-state index in [0.29, 0.717) is 13.1 Å². The largest absolute Gasteiger partial charge is 0.391 e. The minimum absolute atomic E-state index is 0.127. The van der Waals surface area contributed by atoms with Gasteiger partial charge in [0.15, 0.2) is 0 Å². The molecule has 1 saturated heterocycles. The van der Waals surface area contributed by atoms with Gasteiger partial charge in [0.1, 0.15) is 0 Å². The molecule has 19 heavy (non-hydrogen) atoms. The lowest BCUT2D eigenvalue weighted by atomic mass is 9.96. The van der Waals surface area contributed by atoms with Crippen LogP contribution < -0.4 is 5.32 Å². The summed E-state index contributed by atoms with van der Waals surface area (Å²) in [4.78, 5) is 13.8. The summed E-state index contributed by atoms with van der Waals surface area (Å²) in [5.74, 6) is 0.269. The van der Waals surface area contributed by atoms with Gasteiger partial charge in [-0.1, -0.05) is 24.6 Å². The van der Waals surface area contributed by atoms with Crippen LogP contribution in [0.1, 0.15) is 24.5 Å². The minimum Gasteiger partial charge on any atom is -0.391 e. The van der Waals surface area contributed by atoms with E-state index in [1.165, 1.54) is 5.56 Å². The Labute approximate surface area is 114 Å². The molecule has 0 aliphatic carbocycles. The van der Waals surface area contributed by atoms with Crippen molar-refractivity contribution in [3.8, 4) is 0 Å². The maximum atomic E-state index is 12.2. The summed E-state index contributed by atoms with van der Waals surface area (Å²) < 4.78 is 0. The number of nitrogens with one attached hydrogen (secondary N) is 1. The fraction of sp³-hybridized carbons (Fsp3) is 0.533. The number of aliphatic hydroxyl groups excluding tert-OH is 1. The number of piperidine rings is 1. The minimum atomic E-state index is -0.418. The lowest BCUT2D eigenvalue weighted by molar-refractivity contribution is 0.0464. The van der Waals surface area contributed by atoms with Crippen LogP contribution in [-0.4, -0.2) is 35.2 Å². The second-order valence-corrected chi connectivity index (χ2v) is 5.53. The molecule has 1 aromatic carbocycles. The second kappa shape index (κ2) is 5.61. The van der Waals surface area contributed by atoms with Gasteiger partial charge in [0, 0.05) is 18.8 Å². The Hall–Kier alpha value is -1.55. The van der Waals surface area contributed by atoms with Gasteiger partial charge in [-0.05, 0) is 37.8 Å². The third-order valence-electron chi connectivity index (χ3n) is 3.83. The maximum Gasteiger partial charge on any atom is 0.321 e. The Morgan fingerprint density at radius 1 is 1.42 bits per heavy atom. The van der Waals surface area contributed by atoms with Crippen molar-refractivity contribution >= 4 is 11.7 Å². The Balaban J connectivity index is 2.01. The molecule has 0 saturated carbocycles. The van der Waals surface area contributed by atoms with Gasteiger partial charge in [0.2, 0.25) is 0 Å². The lowest BCUT2D eigenvalue weighted by Gasteiger charge is -2.34. The summed E-state index contributed by atoms with van der Waals surface area (Å²) >= 11 is 0. The van der Waals surface area contributed by atoms with Gasteiger partial charge < -0.3 is 15.3 Å². The molecule has 0 aromatic heterocycles. The molecule has 1 heterocycles. The van der Waals surface area contributed by atoms with Gasteiger partial charge in [-0.3, -0.25) is 0 Å². The molecule has 2 rings (SSSR count). The van der Waals surface area contributed by atoms with E-state index < -0.39 is 6.10 Å². The van der Waals surface area contributed by atoms with Crippen LogP contribution in [0.5, 0.6) is 0 Å². The van der Waals surface area contributed by atoms with Crippen LogP contribution in [0.4, 0.5) is 10.5 Å². The van der Waals surface area contributed by atoms with E-state index in [1.807, 2.05) is 39.0 Å². The number of aryl methyl sites for hydroxylation is 2. The van der Waals surface area contributed by atoms with Crippen molar-refractivity contribution in [1.82, 2.24) is 4.90 Å². The predicted molar refractivity (Wildman–Crippen MR) is 76.3 cm³/mol.